The summed E-state index contributed by atoms with van der Waals surface area (Å²) in [6.45, 7) is 4.02. The Morgan fingerprint density at radius 3 is 2.85 bits per heavy atom. The van der Waals surface area contributed by atoms with Gasteiger partial charge in [-0.25, -0.2) is 0 Å². The van der Waals surface area contributed by atoms with E-state index < -0.39 is 0 Å². The molecule has 1 aromatic heterocycles. The van der Waals surface area contributed by atoms with Gasteiger partial charge in [-0.05, 0) is 32.4 Å². The van der Waals surface area contributed by atoms with Crippen LogP contribution in [0.1, 0.15) is 24.9 Å². The number of allylic oxidation sites excluding steroid dienone is 1. The molecule has 1 rings (SSSR count). The normalized spacial score (nSPS) is 12.1. The molecule has 2 nitrogen and oxygen atoms in total. The predicted octanol–water partition coefficient (Wildman–Crippen LogP) is 2.46. The van der Waals surface area contributed by atoms with Crippen molar-refractivity contribution in [3.8, 4) is 0 Å². The van der Waals surface area contributed by atoms with Crippen molar-refractivity contribution in [1.82, 2.24) is 0 Å². The van der Waals surface area contributed by atoms with Gasteiger partial charge in [0, 0.05) is 6.42 Å². The van der Waals surface area contributed by atoms with Gasteiger partial charge >= 0.3 is 0 Å². The standard InChI is InChI=1S/C11H16O2/c1-9(8-12)4-3-5-11-7-6-10(2)13-11/h4,6-7,12H,3,5,8H2,1-2H3/b9-4+. The van der Waals surface area contributed by atoms with Crippen LogP contribution in [0.2, 0.25) is 0 Å². The third-order valence-electron chi connectivity index (χ3n) is 1.93. The second-order valence-electron chi connectivity index (χ2n) is 3.26. The van der Waals surface area contributed by atoms with Crippen molar-refractivity contribution in [3.05, 3.63) is 35.3 Å². The third kappa shape index (κ3) is 3.47. The van der Waals surface area contributed by atoms with Crippen LogP contribution >= 0.6 is 0 Å². The van der Waals surface area contributed by atoms with Gasteiger partial charge in [-0.15, -0.1) is 0 Å². The molecule has 2 heteroatoms. The fourth-order valence-corrected chi connectivity index (χ4v) is 1.14. The fraction of sp³-hybridized carbons (Fsp3) is 0.455. The average molecular weight is 180 g/mol. The molecule has 13 heavy (non-hydrogen) atoms. The Balaban J connectivity index is 2.35. The van der Waals surface area contributed by atoms with Crippen molar-refractivity contribution < 1.29 is 9.52 Å². The first-order valence-electron chi connectivity index (χ1n) is 4.54. The second kappa shape index (κ2) is 4.87. The average Bonchev–Trinajstić information content (AvgIpc) is 2.51. The summed E-state index contributed by atoms with van der Waals surface area (Å²) >= 11 is 0. The highest BCUT2D eigenvalue weighted by Gasteiger charge is 1.96. The molecular weight excluding hydrogens is 164 g/mol. The second-order valence-corrected chi connectivity index (χ2v) is 3.26. The van der Waals surface area contributed by atoms with Gasteiger partial charge in [0.25, 0.3) is 0 Å². The van der Waals surface area contributed by atoms with Crippen molar-refractivity contribution >= 4 is 0 Å². The van der Waals surface area contributed by atoms with E-state index in [-0.39, 0.29) is 6.61 Å². The highest BCUT2D eigenvalue weighted by molar-refractivity contribution is 5.07. The lowest BCUT2D eigenvalue weighted by atomic mass is 10.2. The molecule has 0 radical (unpaired) electrons. The summed E-state index contributed by atoms with van der Waals surface area (Å²) in [7, 11) is 0. The van der Waals surface area contributed by atoms with Crippen LogP contribution in [0.25, 0.3) is 0 Å². The van der Waals surface area contributed by atoms with Crippen LogP contribution in [0.3, 0.4) is 0 Å². The Labute approximate surface area is 78.9 Å². The van der Waals surface area contributed by atoms with Crippen LogP contribution in [0, 0.1) is 6.92 Å². The molecule has 0 spiro atoms. The summed E-state index contributed by atoms with van der Waals surface area (Å²) in [5, 5.41) is 8.74. The van der Waals surface area contributed by atoms with Crippen LogP contribution in [0.15, 0.2) is 28.2 Å². The molecule has 0 aliphatic heterocycles. The van der Waals surface area contributed by atoms with E-state index >= 15 is 0 Å². The topological polar surface area (TPSA) is 33.4 Å². The number of aliphatic hydroxyl groups excluding tert-OH is 1. The van der Waals surface area contributed by atoms with Crippen LogP contribution in [-0.4, -0.2) is 11.7 Å². The first-order valence-corrected chi connectivity index (χ1v) is 4.54. The van der Waals surface area contributed by atoms with Crippen molar-refractivity contribution in [2.45, 2.75) is 26.7 Å². The summed E-state index contributed by atoms with van der Waals surface area (Å²) in [6.07, 6.45) is 3.88. The SMILES string of the molecule is C/C(=C\CCc1ccc(C)o1)CO. The maximum atomic E-state index is 8.74. The number of aryl methyl sites for hydroxylation is 2. The Morgan fingerprint density at radius 1 is 1.54 bits per heavy atom. The van der Waals surface area contributed by atoms with E-state index in [1.807, 2.05) is 32.1 Å². The van der Waals surface area contributed by atoms with E-state index in [1.165, 1.54) is 0 Å². The summed E-state index contributed by atoms with van der Waals surface area (Å²) in [5.41, 5.74) is 1.02. The lowest BCUT2D eigenvalue weighted by Gasteiger charge is -1.94. The van der Waals surface area contributed by atoms with Gasteiger partial charge in [0.2, 0.25) is 0 Å². The molecule has 0 bridgehead atoms. The van der Waals surface area contributed by atoms with Crippen LogP contribution in [0.4, 0.5) is 0 Å². The molecule has 0 saturated carbocycles. The third-order valence-corrected chi connectivity index (χ3v) is 1.93. The first-order chi connectivity index (χ1) is 6.22. The molecule has 0 fully saturated rings. The van der Waals surface area contributed by atoms with E-state index in [9.17, 15) is 0 Å². The van der Waals surface area contributed by atoms with Crippen LogP contribution < -0.4 is 0 Å². The minimum Gasteiger partial charge on any atom is -0.466 e. The minimum atomic E-state index is 0.150. The first kappa shape index (κ1) is 10.1. The van der Waals surface area contributed by atoms with Gasteiger partial charge < -0.3 is 9.52 Å². The molecule has 0 atom stereocenters. The van der Waals surface area contributed by atoms with Gasteiger partial charge in [0.1, 0.15) is 11.5 Å². The zero-order chi connectivity index (χ0) is 9.68. The fourth-order valence-electron chi connectivity index (χ4n) is 1.14. The molecular formula is C11H16O2. The van der Waals surface area contributed by atoms with E-state index in [2.05, 4.69) is 0 Å². The Hall–Kier alpha value is -1.02. The summed E-state index contributed by atoms with van der Waals surface area (Å²) in [4.78, 5) is 0. The summed E-state index contributed by atoms with van der Waals surface area (Å²) in [5.74, 6) is 1.97. The molecule has 1 N–H and O–H groups in total. The predicted molar refractivity (Wildman–Crippen MR) is 52.6 cm³/mol. The molecule has 0 aliphatic rings. The lowest BCUT2D eigenvalue weighted by Crippen LogP contribution is -1.85. The molecule has 0 saturated heterocycles. The molecule has 0 amide bonds. The van der Waals surface area contributed by atoms with Gasteiger partial charge in [-0.1, -0.05) is 11.6 Å². The molecule has 1 heterocycles. The zero-order valence-corrected chi connectivity index (χ0v) is 8.21. The van der Waals surface area contributed by atoms with Gasteiger partial charge in [0.15, 0.2) is 0 Å². The van der Waals surface area contributed by atoms with E-state index in [0.717, 1.165) is 29.9 Å². The van der Waals surface area contributed by atoms with E-state index in [0.29, 0.717) is 0 Å². The van der Waals surface area contributed by atoms with Crippen LogP contribution in [0.5, 0.6) is 0 Å². The highest BCUT2D eigenvalue weighted by Crippen LogP contribution is 2.09. The molecule has 0 aliphatic carbocycles. The van der Waals surface area contributed by atoms with Crippen molar-refractivity contribution in [2.24, 2.45) is 0 Å². The van der Waals surface area contributed by atoms with Gasteiger partial charge in [-0.2, -0.15) is 0 Å². The van der Waals surface area contributed by atoms with Crippen molar-refractivity contribution in [1.29, 1.82) is 0 Å². The number of hydrogen-bond acceptors (Lipinski definition) is 2. The quantitative estimate of drug-likeness (QED) is 0.722. The Kier molecular flexibility index (Phi) is 3.77. The number of rotatable bonds is 4. The number of aliphatic hydroxyl groups is 1. The smallest absolute Gasteiger partial charge is 0.104 e. The number of furan rings is 1. The molecule has 0 aromatic carbocycles. The maximum absolute atomic E-state index is 8.74. The Bertz CT molecular complexity index is 284. The van der Waals surface area contributed by atoms with Gasteiger partial charge in [-0.3, -0.25) is 0 Å². The summed E-state index contributed by atoms with van der Waals surface area (Å²) < 4.78 is 5.41. The molecule has 1 aromatic rings. The van der Waals surface area contributed by atoms with Crippen molar-refractivity contribution in [2.75, 3.05) is 6.61 Å². The molecule has 72 valence electrons. The van der Waals surface area contributed by atoms with Crippen molar-refractivity contribution in [3.63, 3.8) is 0 Å². The molecule has 0 unspecified atom stereocenters. The lowest BCUT2D eigenvalue weighted by molar-refractivity contribution is 0.331. The number of hydrogen-bond donors (Lipinski definition) is 1. The van der Waals surface area contributed by atoms with Crippen LogP contribution in [-0.2, 0) is 6.42 Å². The summed E-state index contributed by atoms with van der Waals surface area (Å²) in [6, 6.07) is 3.97. The van der Waals surface area contributed by atoms with E-state index in [1.54, 1.807) is 0 Å². The highest BCUT2D eigenvalue weighted by atomic mass is 16.3. The monoisotopic (exact) mass is 180 g/mol. The zero-order valence-electron chi connectivity index (χ0n) is 8.21. The Morgan fingerprint density at radius 2 is 2.31 bits per heavy atom. The van der Waals surface area contributed by atoms with Gasteiger partial charge in [0.05, 0.1) is 6.61 Å². The van der Waals surface area contributed by atoms with E-state index in [4.69, 9.17) is 9.52 Å². The largest absolute Gasteiger partial charge is 0.466 e. The maximum Gasteiger partial charge on any atom is 0.104 e. The minimum absolute atomic E-state index is 0.150.